The van der Waals surface area contributed by atoms with Gasteiger partial charge in [0.25, 0.3) is 0 Å². The minimum Gasteiger partial charge on any atom is -0.464 e. The minimum atomic E-state index is -0.447. The van der Waals surface area contributed by atoms with Crippen molar-refractivity contribution in [2.75, 3.05) is 24.7 Å². The van der Waals surface area contributed by atoms with Crippen molar-refractivity contribution < 1.29 is 19.1 Å². The number of hydrogen-bond acceptors (Lipinski definition) is 5. The average Bonchev–Trinajstić information content (AvgIpc) is 2.43. The Morgan fingerprint density at radius 1 is 1.35 bits per heavy atom. The van der Waals surface area contributed by atoms with Crippen LogP contribution >= 0.6 is 11.8 Å². The van der Waals surface area contributed by atoms with E-state index in [4.69, 9.17) is 10.5 Å². The maximum absolute atomic E-state index is 12.2. The Hall–Kier alpha value is -1.24. The van der Waals surface area contributed by atoms with Crippen LogP contribution in [-0.4, -0.2) is 53.4 Å². The molecule has 0 radical (unpaired) electrons. The van der Waals surface area contributed by atoms with Crippen molar-refractivity contribution in [3.63, 3.8) is 0 Å². The van der Waals surface area contributed by atoms with Crippen LogP contribution in [0, 0.1) is 0 Å². The molecule has 1 aliphatic heterocycles. The summed E-state index contributed by atoms with van der Waals surface area (Å²) in [6.45, 7) is 2.68. The molecular weight excluding hydrogens is 280 g/mol. The van der Waals surface area contributed by atoms with Crippen LogP contribution in [0.2, 0.25) is 0 Å². The number of hydrogen-bond donors (Lipinski definition) is 1. The number of nitrogens with two attached hydrogens (primary N) is 1. The molecule has 1 aliphatic rings. The molecule has 0 aromatic carbocycles. The number of amides is 2. The first-order chi connectivity index (χ1) is 9.56. The summed E-state index contributed by atoms with van der Waals surface area (Å²) in [4.78, 5) is 36.2. The van der Waals surface area contributed by atoms with Gasteiger partial charge in [-0.1, -0.05) is 0 Å². The molecule has 1 rings (SSSR count). The number of rotatable bonds is 7. The van der Waals surface area contributed by atoms with Crippen LogP contribution in [0.4, 0.5) is 0 Å². The van der Waals surface area contributed by atoms with Crippen LogP contribution in [0.3, 0.4) is 0 Å². The number of thioether (sulfide) groups is 1. The lowest BCUT2D eigenvalue weighted by molar-refractivity contribution is -0.156. The number of likely N-dealkylation sites (tertiary alicyclic amines) is 1. The molecule has 0 spiro atoms. The van der Waals surface area contributed by atoms with E-state index in [9.17, 15) is 14.4 Å². The van der Waals surface area contributed by atoms with E-state index in [1.54, 1.807) is 11.8 Å². The zero-order valence-electron chi connectivity index (χ0n) is 11.8. The fraction of sp³-hybridized carbons (Fsp3) is 0.769. The van der Waals surface area contributed by atoms with E-state index in [2.05, 4.69) is 0 Å². The van der Waals surface area contributed by atoms with E-state index in [0.717, 1.165) is 12.8 Å². The summed E-state index contributed by atoms with van der Waals surface area (Å²) in [7, 11) is 0. The normalized spacial score (nSPS) is 18.6. The standard InChI is InChI=1S/C13H22N2O4S/c1-2-19-13(18)10-5-3-4-7-15(10)12(17)6-8-20-9-11(14)16/h10H,2-9H2,1H3,(H2,14,16). The van der Waals surface area contributed by atoms with Crippen LogP contribution in [0.5, 0.6) is 0 Å². The summed E-state index contributed by atoms with van der Waals surface area (Å²) in [6, 6.07) is -0.447. The number of ether oxygens (including phenoxy) is 1. The van der Waals surface area contributed by atoms with Crippen LogP contribution in [-0.2, 0) is 19.1 Å². The van der Waals surface area contributed by atoms with Gasteiger partial charge in [0, 0.05) is 18.7 Å². The molecule has 0 aliphatic carbocycles. The smallest absolute Gasteiger partial charge is 0.328 e. The zero-order chi connectivity index (χ0) is 15.0. The van der Waals surface area contributed by atoms with Gasteiger partial charge in [-0.15, -0.1) is 0 Å². The quantitative estimate of drug-likeness (QED) is 0.547. The Morgan fingerprint density at radius 2 is 2.10 bits per heavy atom. The predicted molar refractivity (Wildman–Crippen MR) is 77.1 cm³/mol. The molecule has 20 heavy (non-hydrogen) atoms. The van der Waals surface area contributed by atoms with Crippen molar-refractivity contribution in [2.24, 2.45) is 5.73 Å². The lowest BCUT2D eigenvalue weighted by atomic mass is 10.0. The van der Waals surface area contributed by atoms with Crippen molar-refractivity contribution in [2.45, 2.75) is 38.6 Å². The number of carbonyl (C=O) groups excluding carboxylic acids is 3. The Kier molecular flexibility index (Phi) is 7.43. The van der Waals surface area contributed by atoms with Crippen molar-refractivity contribution in [1.29, 1.82) is 0 Å². The van der Waals surface area contributed by atoms with Gasteiger partial charge in [0.15, 0.2) is 0 Å². The van der Waals surface area contributed by atoms with Gasteiger partial charge >= 0.3 is 5.97 Å². The second-order valence-electron chi connectivity index (χ2n) is 4.62. The van der Waals surface area contributed by atoms with Crippen molar-refractivity contribution >= 4 is 29.5 Å². The van der Waals surface area contributed by atoms with E-state index in [1.165, 1.54) is 11.8 Å². The first-order valence-electron chi connectivity index (χ1n) is 6.88. The molecule has 2 N–H and O–H groups in total. The van der Waals surface area contributed by atoms with Crippen LogP contribution in [0.1, 0.15) is 32.6 Å². The van der Waals surface area contributed by atoms with Gasteiger partial charge in [-0.3, -0.25) is 9.59 Å². The van der Waals surface area contributed by atoms with Gasteiger partial charge in [-0.05, 0) is 26.2 Å². The lowest BCUT2D eigenvalue weighted by Gasteiger charge is -2.34. The van der Waals surface area contributed by atoms with Gasteiger partial charge in [-0.25, -0.2) is 4.79 Å². The summed E-state index contributed by atoms with van der Waals surface area (Å²) in [5, 5.41) is 0. The third-order valence-corrected chi connectivity index (χ3v) is 4.07. The SMILES string of the molecule is CCOC(=O)C1CCCCN1C(=O)CCSCC(N)=O. The molecule has 114 valence electrons. The summed E-state index contributed by atoms with van der Waals surface area (Å²) >= 11 is 1.34. The van der Waals surface area contributed by atoms with E-state index >= 15 is 0 Å². The average molecular weight is 302 g/mol. The summed E-state index contributed by atoms with van der Waals surface area (Å²) in [5.41, 5.74) is 5.03. The number of esters is 1. The van der Waals surface area contributed by atoms with Crippen LogP contribution in [0.25, 0.3) is 0 Å². The Labute approximate surface area is 123 Å². The summed E-state index contributed by atoms with van der Waals surface area (Å²) < 4.78 is 5.02. The predicted octanol–water partition coefficient (Wildman–Crippen LogP) is 0.539. The molecule has 2 amide bonds. The van der Waals surface area contributed by atoms with Gasteiger partial charge in [0.2, 0.25) is 11.8 Å². The Morgan fingerprint density at radius 3 is 2.75 bits per heavy atom. The monoisotopic (exact) mass is 302 g/mol. The first-order valence-corrected chi connectivity index (χ1v) is 8.04. The zero-order valence-corrected chi connectivity index (χ0v) is 12.6. The molecule has 6 nitrogen and oxygen atoms in total. The van der Waals surface area contributed by atoms with E-state index in [-0.39, 0.29) is 23.5 Å². The molecule has 1 saturated heterocycles. The van der Waals surface area contributed by atoms with Gasteiger partial charge in [-0.2, -0.15) is 11.8 Å². The largest absolute Gasteiger partial charge is 0.464 e. The molecule has 0 aromatic rings. The second kappa shape index (κ2) is 8.84. The number of carbonyl (C=O) groups is 3. The summed E-state index contributed by atoms with van der Waals surface area (Å²) in [6.07, 6.45) is 2.83. The molecule has 7 heteroatoms. The van der Waals surface area contributed by atoms with E-state index < -0.39 is 6.04 Å². The highest BCUT2D eigenvalue weighted by atomic mass is 32.2. The maximum Gasteiger partial charge on any atom is 0.328 e. The fourth-order valence-corrected chi connectivity index (χ4v) is 2.85. The van der Waals surface area contributed by atoms with E-state index in [1.807, 2.05) is 0 Å². The molecule has 1 unspecified atom stereocenters. The van der Waals surface area contributed by atoms with Gasteiger partial charge in [0.1, 0.15) is 6.04 Å². The van der Waals surface area contributed by atoms with Crippen molar-refractivity contribution in [3.05, 3.63) is 0 Å². The number of primary amides is 1. The number of piperidine rings is 1. The highest BCUT2D eigenvalue weighted by molar-refractivity contribution is 7.99. The van der Waals surface area contributed by atoms with Crippen LogP contribution < -0.4 is 5.73 Å². The molecule has 0 bridgehead atoms. The van der Waals surface area contributed by atoms with Crippen molar-refractivity contribution in [1.82, 2.24) is 4.90 Å². The van der Waals surface area contributed by atoms with Crippen molar-refractivity contribution in [3.8, 4) is 0 Å². The number of nitrogens with zero attached hydrogens (tertiary/aromatic N) is 1. The highest BCUT2D eigenvalue weighted by Gasteiger charge is 2.32. The second-order valence-corrected chi connectivity index (χ2v) is 5.72. The molecule has 1 heterocycles. The maximum atomic E-state index is 12.2. The van der Waals surface area contributed by atoms with Gasteiger partial charge in [0.05, 0.1) is 12.4 Å². The topological polar surface area (TPSA) is 89.7 Å². The highest BCUT2D eigenvalue weighted by Crippen LogP contribution is 2.19. The van der Waals surface area contributed by atoms with Crippen LogP contribution in [0.15, 0.2) is 0 Å². The lowest BCUT2D eigenvalue weighted by Crippen LogP contribution is -2.48. The third-order valence-electron chi connectivity index (χ3n) is 3.09. The third kappa shape index (κ3) is 5.40. The molecular formula is C13H22N2O4S. The first kappa shape index (κ1) is 16.8. The molecule has 1 atom stereocenters. The summed E-state index contributed by atoms with van der Waals surface area (Å²) in [5.74, 6) is -0.00235. The minimum absolute atomic E-state index is 0.0558. The Bertz CT molecular complexity index is 362. The molecule has 1 fully saturated rings. The molecule has 0 saturated carbocycles. The fourth-order valence-electron chi connectivity index (χ4n) is 2.19. The molecule has 0 aromatic heterocycles. The van der Waals surface area contributed by atoms with E-state index in [0.29, 0.717) is 31.7 Å². The van der Waals surface area contributed by atoms with Gasteiger partial charge < -0.3 is 15.4 Å². The Balaban J connectivity index is 2.45.